The number of nitrogens with zero attached hydrogens (tertiary/aromatic N) is 3. The normalized spacial score (nSPS) is 13.2. The van der Waals surface area contributed by atoms with Gasteiger partial charge in [-0.1, -0.05) is 49.0 Å². The van der Waals surface area contributed by atoms with Crippen LogP contribution >= 0.6 is 23.1 Å². The first-order valence-electron chi connectivity index (χ1n) is 11.2. The Kier molecular flexibility index (Phi) is 7.49. The molecule has 1 saturated carbocycles. The summed E-state index contributed by atoms with van der Waals surface area (Å²) < 4.78 is 7.34. The summed E-state index contributed by atoms with van der Waals surface area (Å²) >= 11 is 2.80. The van der Waals surface area contributed by atoms with E-state index in [0.29, 0.717) is 29.6 Å². The van der Waals surface area contributed by atoms with Crippen LogP contribution in [0.25, 0.3) is 0 Å². The number of carbonyl (C=O) groups excluding carboxylic acids is 2. The van der Waals surface area contributed by atoms with Crippen LogP contribution in [0.15, 0.2) is 35.5 Å². The number of thiophene rings is 1. The maximum absolute atomic E-state index is 12.8. The first-order valence-corrected chi connectivity index (χ1v) is 13.0. The van der Waals surface area contributed by atoms with Crippen LogP contribution < -0.4 is 5.32 Å². The van der Waals surface area contributed by atoms with Crippen molar-refractivity contribution in [2.24, 2.45) is 0 Å². The fourth-order valence-electron chi connectivity index (χ4n) is 3.69. The predicted molar refractivity (Wildman–Crippen MR) is 131 cm³/mol. The Morgan fingerprint density at radius 3 is 2.64 bits per heavy atom. The number of anilines is 1. The maximum Gasteiger partial charge on any atom is 0.341 e. The molecule has 174 valence electrons. The molecule has 1 aromatic carbocycles. The summed E-state index contributed by atoms with van der Waals surface area (Å²) in [5, 5.41) is 13.0. The zero-order chi connectivity index (χ0) is 23.4. The standard InChI is InChI=1S/C24H28N4O3S2/c1-4-18-15(3)20(23(30)31-5-2)22(33-18)25-19(29)14-32-24-27-26-21(17-11-12-17)28(24)13-16-9-7-6-8-10-16/h6-10,17H,4-5,11-14H2,1-3H3,(H,25,29). The number of amides is 1. The highest BCUT2D eigenvalue weighted by atomic mass is 32.2. The third-order valence-electron chi connectivity index (χ3n) is 5.50. The molecule has 0 aliphatic heterocycles. The van der Waals surface area contributed by atoms with E-state index in [2.05, 4.69) is 32.2 Å². The molecular weight excluding hydrogens is 456 g/mol. The van der Waals surface area contributed by atoms with Gasteiger partial charge in [-0.3, -0.25) is 4.79 Å². The lowest BCUT2D eigenvalue weighted by atomic mass is 10.1. The minimum Gasteiger partial charge on any atom is -0.462 e. The van der Waals surface area contributed by atoms with Crippen molar-refractivity contribution in [1.29, 1.82) is 0 Å². The van der Waals surface area contributed by atoms with Crippen LogP contribution in [0.1, 0.15) is 64.8 Å². The van der Waals surface area contributed by atoms with Crippen LogP contribution in [0.3, 0.4) is 0 Å². The molecule has 0 bridgehead atoms. The Labute approximate surface area is 201 Å². The Bertz CT molecular complexity index is 1140. The van der Waals surface area contributed by atoms with Gasteiger partial charge in [0.25, 0.3) is 0 Å². The number of benzene rings is 1. The van der Waals surface area contributed by atoms with Crippen molar-refractivity contribution >= 4 is 40.0 Å². The lowest BCUT2D eigenvalue weighted by Gasteiger charge is -2.10. The fraction of sp³-hybridized carbons (Fsp3) is 0.417. The minimum absolute atomic E-state index is 0.179. The van der Waals surface area contributed by atoms with E-state index in [9.17, 15) is 9.59 Å². The third-order valence-corrected chi connectivity index (χ3v) is 7.82. The first-order chi connectivity index (χ1) is 16.0. The van der Waals surface area contributed by atoms with E-state index in [1.54, 1.807) is 6.92 Å². The van der Waals surface area contributed by atoms with Crippen LogP contribution in [-0.4, -0.2) is 39.0 Å². The second-order valence-electron chi connectivity index (χ2n) is 7.95. The monoisotopic (exact) mass is 484 g/mol. The summed E-state index contributed by atoms with van der Waals surface area (Å²) in [5.41, 5.74) is 2.51. The van der Waals surface area contributed by atoms with Crippen LogP contribution in [-0.2, 0) is 22.5 Å². The Morgan fingerprint density at radius 2 is 1.97 bits per heavy atom. The SMILES string of the molecule is CCOC(=O)c1c(NC(=O)CSc2nnc(C3CC3)n2Cc2ccccc2)sc(CC)c1C. The number of hydrogen-bond acceptors (Lipinski definition) is 7. The van der Waals surface area contributed by atoms with E-state index in [4.69, 9.17) is 4.74 Å². The van der Waals surface area contributed by atoms with Crippen molar-refractivity contribution in [2.45, 2.75) is 57.7 Å². The number of aryl methyl sites for hydroxylation is 1. The topological polar surface area (TPSA) is 86.1 Å². The van der Waals surface area contributed by atoms with Crippen LogP contribution in [0.5, 0.6) is 0 Å². The molecule has 0 atom stereocenters. The quantitative estimate of drug-likeness (QED) is 0.320. The molecular formula is C24H28N4O3S2. The van der Waals surface area contributed by atoms with Crippen molar-refractivity contribution < 1.29 is 14.3 Å². The molecule has 0 radical (unpaired) electrons. The van der Waals surface area contributed by atoms with E-state index in [1.165, 1.54) is 28.7 Å². The van der Waals surface area contributed by atoms with E-state index >= 15 is 0 Å². The summed E-state index contributed by atoms with van der Waals surface area (Å²) in [6.45, 7) is 6.68. The van der Waals surface area contributed by atoms with Gasteiger partial charge in [0.05, 0.1) is 24.5 Å². The number of thioether (sulfide) groups is 1. The highest BCUT2D eigenvalue weighted by molar-refractivity contribution is 7.99. The van der Waals surface area contributed by atoms with E-state index in [1.807, 2.05) is 32.0 Å². The number of nitrogens with one attached hydrogen (secondary N) is 1. The van der Waals surface area contributed by atoms with E-state index in [0.717, 1.165) is 40.7 Å². The molecule has 1 aliphatic rings. The molecule has 0 saturated heterocycles. The zero-order valence-electron chi connectivity index (χ0n) is 19.1. The van der Waals surface area contributed by atoms with Gasteiger partial charge in [-0.15, -0.1) is 21.5 Å². The molecule has 1 amide bonds. The van der Waals surface area contributed by atoms with E-state index in [-0.39, 0.29) is 11.7 Å². The summed E-state index contributed by atoms with van der Waals surface area (Å²) in [5.74, 6) is 1.05. The van der Waals surface area contributed by atoms with Gasteiger partial charge in [-0.05, 0) is 44.2 Å². The number of hydrogen-bond donors (Lipinski definition) is 1. The van der Waals surface area contributed by atoms with Crippen LogP contribution in [0.4, 0.5) is 5.00 Å². The molecule has 4 rings (SSSR count). The van der Waals surface area contributed by atoms with Crippen molar-refractivity contribution in [1.82, 2.24) is 14.8 Å². The average Bonchev–Trinajstić information content (AvgIpc) is 3.50. The van der Waals surface area contributed by atoms with Gasteiger partial charge in [-0.25, -0.2) is 4.79 Å². The first kappa shape index (κ1) is 23.5. The van der Waals surface area contributed by atoms with Gasteiger partial charge in [0.15, 0.2) is 5.16 Å². The van der Waals surface area contributed by atoms with Gasteiger partial charge in [0, 0.05) is 10.8 Å². The predicted octanol–water partition coefficient (Wildman–Crippen LogP) is 5.04. The fourth-order valence-corrected chi connectivity index (χ4v) is 5.59. The lowest BCUT2D eigenvalue weighted by Crippen LogP contribution is -2.17. The summed E-state index contributed by atoms with van der Waals surface area (Å²) in [4.78, 5) is 26.4. The van der Waals surface area contributed by atoms with Gasteiger partial charge in [0.1, 0.15) is 10.8 Å². The maximum atomic E-state index is 12.8. The lowest BCUT2D eigenvalue weighted by molar-refractivity contribution is -0.113. The van der Waals surface area contributed by atoms with Crippen molar-refractivity contribution in [2.75, 3.05) is 17.7 Å². The summed E-state index contributed by atoms with van der Waals surface area (Å²) in [7, 11) is 0. The number of ether oxygens (including phenoxy) is 1. The Balaban J connectivity index is 1.47. The van der Waals surface area contributed by atoms with Gasteiger partial charge in [0.2, 0.25) is 5.91 Å². The molecule has 1 fully saturated rings. The van der Waals surface area contributed by atoms with Crippen LogP contribution in [0, 0.1) is 6.92 Å². The van der Waals surface area contributed by atoms with Gasteiger partial charge >= 0.3 is 5.97 Å². The minimum atomic E-state index is -0.398. The third kappa shape index (κ3) is 5.47. The molecule has 2 aromatic heterocycles. The highest BCUT2D eigenvalue weighted by Gasteiger charge is 2.30. The number of rotatable bonds is 10. The average molecular weight is 485 g/mol. The zero-order valence-corrected chi connectivity index (χ0v) is 20.7. The Hall–Kier alpha value is -2.65. The van der Waals surface area contributed by atoms with Crippen molar-refractivity contribution in [3.63, 3.8) is 0 Å². The number of aromatic nitrogens is 3. The highest BCUT2D eigenvalue weighted by Crippen LogP contribution is 2.40. The second-order valence-corrected chi connectivity index (χ2v) is 10.00. The largest absolute Gasteiger partial charge is 0.462 e. The molecule has 2 heterocycles. The molecule has 1 N–H and O–H groups in total. The second kappa shape index (κ2) is 10.5. The summed E-state index contributed by atoms with van der Waals surface area (Å²) in [6, 6.07) is 10.2. The van der Waals surface area contributed by atoms with Gasteiger partial charge in [-0.2, -0.15) is 0 Å². The number of carbonyl (C=O) groups is 2. The van der Waals surface area contributed by atoms with Crippen molar-refractivity contribution in [3.05, 3.63) is 57.7 Å². The molecule has 0 spiro atoms. The molecule has 0 unspecified atom stereocenters. The van der Waals surface area contributed by atoms with Crippen LogP contribution in [0.2, 0.25) is 0 Å². The molecule has 3 aromatic rings. The molecule has 9 heteroatoms. The molecule has 1 aliphatic carbocycles. The smallest absolute Gasteiger partial charge is 0.341 e. The van der Waals surface area contributed by atoms with E-state index < -0.39 is 5.97 Å². The molecule has 33 heavy (non-hydrogen) atoms. The van der Waals surface area contributed by atoms with Gasteiger partial charge < -0.3 is 14.6 Å². The number of esters is 1. The molecule has 7 nitrogen and oxygen atoms in total. The Morgan fingerprint density at radius 1 is 1.21 bits per heavy atom. The summed E-state index contributed by atoms with van der Waals surface area (Å²) in [6.07, 6.45) is 3.05. The van der Waals surface area contributed by atoms with Crippen molar-refractivity contribution in [3.8, 4) is 0 Å².